The van der Waals surface area contributed by atoms with E-state index < -0.39 is 17.2 Å². The summed E-state index contributed by atoms with van der Waals surface area (Å²) in [5.41, 5.74) is 2.04. The molecule has 4 atom stereocenters. The first-order chi connectivity index (χ1) is 20.0. The minimum Gasteiger partial charge on any atom is -0.481 e. The number of likely N-dealkylation sites (tertiary alicyclic amines) is 1. The second-order valence-corrected chi connectivity index (χ2v) is 13.2. The average molecular weight is 568 g/mol. The van der Waals surface area contributed by atoms with Crippen LogP contribution in [-0.4, -0.2) is 60.4 Å². The van der Waals surface area contributed by atoms with Gasteiger partial charge < -0.3 is 24.1 Å². The van der Waals surface area contributed by atoms with Crippen molar-refractivity contribution in [3.05, 3.63) is 35.4 Å². The molecule has 2 bridgehead atoms. The number of carbonyl (C=O) groups is 1. The van der Waals surface area contributed by atoms with Gasteiger partial charge in [-0.2, -0.15) is 0 Å². The monoisotopic (exact) mass is 567 g/mol. The van der Waals surface area contributed by atoms with E-state index in [-0.39, 0.29) is 18.9 Å². The van der Waals surface area contributed by atoms with Crippen molar-refractivity contribution in [2.24, 2.45) is 5.92 Å². The summed E-state index contributed by atoms with van der Waals surface area (Å²) in [4.78, 5) is 14.7. The quantitative estimate of drug-likeness (QED) is 0.108. The molecule has 0 radical (unpaired) electrons. The molecule has 1 saturated heterocycles. The number of unbranched alkanes of at least 4 members (excludes halogenated alkanes) is 8. The number of hydrogen-bond donors (Lipinski definition) is 1. The first-order valence-electron chi connectivity index (χ1n) is 16.4. The Hall–Kier alpha value is -2.25. The second kappa shape index (κ2) is 12.2. The molecule has 7 heteroatoms. The van der Waals surface area contributed by atoms with E-state index in [4.69, 9.17) is 18.9 Å². The van der Waals surface area contributed by atoms with Crippen LogP contribution in [0.1, 0.15) is 108 Å². The Balaban J connectivity index is 1.04. The van der Waals surface area contributed by atoms with Gasteiger partial charge in [0.1, 0.15) is 6.10 Å². The first-order valence-corrected chi connectivity index (χ1v) is 16.4. The minimum atomic E-state index is -0.849. The summed E-state index contributed by atoms with van der Waals surface area (Å²) in [6.45, 7) is 8.80. The molecule has 41 heavy (non-hydrogen) atoms. The number of piperidine rings is 1. The van der Waals surface area contributed by atoms with Gasteiger partial charge in [-0.1, -0.05) is 70.9 Å². The summed E-state index contributed by atoms with van der Waals surface area (Å²) in [6.07, 6.45) is 15.7. The highest BCUT2D eigenvalue weighted by molar-refractivity contribution is 5.64. The number of hydrogen-bond acceptors (Lipinski definition) is 7. The van der Waals surface area contributed by atoms with Gasteiger partial charge in [0, 0.05) is 18.2 Å². The standard InChI is InChI=1S/C34H49NO6/c1-3-4-5-6-7-8-9-10-11-20-38-32(36)40-23-39-27-15-14-26-21-28-34(37)17-16-24(2)31-33(34,29(26)30(27)41-31)18-19-35(28)22-25-12-13-25/h14-15,25,28,31,37H,2-13,16-23H2,1H3/t28?,31-,33-,34+/m0/s1. The number of rotatable bonds is 15. The zero-order valence-electron chi connectivity index (χ0n) is 25.0. The van der Waals surface area contributed by atoms with Crippen molar-refractivity contribution in [3.8, 4) is 11.5 Å². The van der Waals surface area contributed by atoms with Gasteiger partial charge in [-0.15, -0.1) is 0 Å². The lowest BCUT2D eigenvalue weighted by Crippen LogP contribution is -2.75. The van der Waals surface area contributed by atoms with Crippen molar-refractivity contribution in [1.29, 1.82) is 0 Å². The number of nitrogens with zero attached hydrogens (tertiary/aromatic N) is 1. The van der Waals surface area contributed by atoms with Crippen molar-refractivity contribution in [2.75, 3.05) is 26.5 Å². The zero-order chi connectivity index (χ0) is 28.5. The molecule has 1 N–H and O–H groups in total. The van der Waals surface area contributed by atoms with Crippen LogP contribution in [0.25, 0.3) is 0 Å². The van der Waals surface area contributed by atoms with Crippen LogP contribution in [0.15, 0.2) is 24.3 Å². The average Bonchev–Trinajstić information content (AvgIpc) is 3.71. The molecule has 1 unspecified atom stereocenters. The summed E-state index contributed by atoms with van der Waals surface area (Å²) in [5, 5.41) is 12.5. The van der Waals surface area contributed by atoms with Crippen LogP contribution in [0.4, 0.5) is 4.79 Å². The molecule has 3 aliphatic carbocycles. The van der Waals surface area contributed by atoms with Crippen LogP contribution in [-0.2, 0) is 21.3 Å². The summed E-state index contributed by atoms with van der Waals surface area (Å²) >= 11 is 0. The molecule has 1 spiro atoms. The first kappa shape index (κ1) is 28.9. The van der Waals surface area contributed by atoms with Gasteiger partial charge in [-0.05, 0) is 74.6 Å². The molecule has 2 heterocycles. The highest BCUT2D eigenvalue weighted by Gasteiger charge is 2.72. The Kier molecular flexibility index (Phi) is 8.56. The summed E-state index contributed by atoms with van der Waals surface area (Å²) in [6, 6.07) is 4.15. The van der Waals surface area contributed by atoms with Gasteiger partial charge in [-0.3, -0.25) is 4.90 Å². The summed E-state index contributed by atoms with van der Waals surface area (Å²) in [5.74, 6) is 2.02. The number of benzene rings is 1. The molecular formula is C34H49NO6. The van der Waals surface area contributed by atoms with Crippen molar-refractivity contribution < 1.29 is 28.8 Å². The van der Waals surface area contributed by atoms with Gasteiger partial charge in [-0.25, -0.2) is 4.79 Å². The van der Waals surface area contributed by atoms with E-state index in [2.05, 4.69) is 24.5 Å². The van der Waals surface area contributed by atoms with E-state index in [1.54, 1.807) is 0 Å². The van der Waals surface area contributed by atoms with Crippen LogP contribution in [0.5, 0.6) is 11.5 Å². The van der Waals surface area contributed by atoms with Crippen molar-refractivity contribution in [3.63, 3.8) is 0 Å². The van der Waals surface area contributed by atoms with Gasteiger partial charge in [0.25, 0.3) is 0 Å². The lowest BCUT2D eigenvalue weighted by molar-refractivity contribution is -0.174. The van der Waals surface area contributed by atoms with Gasteiger partial charge in [0.05, 0.1) is 17.6 Å². The Morgan fingerprint density at radius 2 is 1.83 bits per heavy atom. The maximum absolute atomic E-state index is 12.5. The molecule has 2 aliphatic heterocycles. The fraction of sp³-hybridized carbons (Fsp3) is 0.735. The van der Waals surface area contributed by atoms with Crippen molar-refractivity contribution >= 4 is 6.16 Å². The predicted molar refractivity (Wildman–Crippen MR) is 157 cm³/mol. The molecule has 1 aromatic rings. The van der Waals surface area contributed by atoms with E-state index >= 15 is 0 Å². The molecule has 6 rings (SSSR count). The maximum Gasteiger partial charge on any atom is 0.511 e. The highest BCUT2D eigenvalue weighted by Crippen LogP contribution is 2.66. The predicted octanol–water partition coefficient (Wildman–Crippen LogP) is 6.83. The van der Waals surface area contributed by atoms with E-state index in [1.807, 2.05) is 6.07 Å². The maximum atomic E-state index is 12.5. The van der Waals surface area contributed by atoms with Crippen LogP contribution >= 0.6 is 0 Å². The van der Waals surface area contributed by atoms with Crippen molar-refractivity contribution in [1.82, 2.24) is 4.90 Å². The fourth-order valence-corrected chi connectivity index (χ4v) is 8.25. The highest BCUT2D eigenvalue weighted by atomic mass is 16.8. The normalized spacial score (nSPS) is 29.6. The lowest BCUT2D eigenvalue weighted by atomic mass is 9.48. The minimum absolute atomic E-state index is 0.102. The van der Waals surface area contributed by atoms with E-state index in [0.717, 1.165) is 68.7 Å². The Labute approximate surface area is 245 Å². The summed E-state index contributed by atoms with van der Waals surface area (Å²) in [7, 11) is 0. The Morgan fingerprint density at radius 1 is 1.07 bits per heavy atom. The molecule has 226 valence electrons. The Morgan fingerprint density at radius 3 is 2.59 bits per heavy atom. The molecule has 7 nitrogen and oxygen atoms in total. The number of carbonyl (C=O) groups excluding carboxylic acids is 1. The summed E-state index contributed by atoms with van der Waals surface area (Å²) < 4.78 is 23.1. The number of ether oxygens (including phenoxy) is 4. The van der Waals surface area contributed by atoms with Crippen LogP contribution < -0.4 is 9.47 Å². The molecule has 5 aliphatic rings. The second-order valence-electron chi connectivity index (χ2n) is 13.2. The largest absolute Gasteiger partial charge is 0.511 e. The van der Waals surface area contributed by atoms with Crippen LogP contribution in [0.3, 0.4) is 0 Å². The molecule has 1 aromatic carbocycles. The van der Waals surface area contributed by atoms with Crippen molar-refractivity contribution in [2.45, 2.75) is 126 Å². The smallest absolute Gasteiger partial charge is 0.481 e. The van der Waals surface area contributed by atoms with Gasteiger partial charge in [0.15, 0.2) is 11.5 Å². The van der Waals surface area contributed by atoms with Crippen LogP contribution in [0.2, 0.25) is 0 Å². The fourth-order valence-electron chi connectivity index (χ4n) is 8.25. The topological polar surface area (TPSA) is 77.5 Å². The number of aliphatic hydroxyl groups is 1. The Bertz CT molecular complexity index is 1120. The molecular weight excluding hydrogens is 518 g/mol. The third-order valence-corrected chi connectivity index (χ3v) is 10.6. The third kappa shape index (κ3) is 5.37. The molecule has 3 fully saturated rings. The SMILES string of the molecule is C=C1CC[C@@]2(O)C3Cc4ccc(OCOC(=O)OCCCCCCCCCCC)c5c4[C@@]2(CCN3CC2CC2)[C@H]1O5. The van der Waals surface area contributed by atoms with E-state index in [1.165, 1.54) is 63.4 Å². The van der Waals surface area contributed by atoms with Crippen LogP contribution in [0, 0.1) is 5.92 Å². The molecule has 2 saturated carbocycles. The lowest BCUT2D eigenvalue weighted by Gasteiger charge is -2.63. The van der Waals surface area contributed by atoms with Gasteiger partial charge >= 0.3 is 6.16 Å². The van der Waals surface area contributed by atoms with E-state index in [0.29, 0.717) is 18.1 Å². The zero-order valence-corrected chi connectivity index (χ0v) is 25.0. The molecule has 0 amide bonds. The van der Waals surface area contributed by atoms with Gasteiger partial charge in [0.2, 0.25) is 6.79 Å². The third-order valence-electron chi connectivity index (χ3n) is 10.6. The van der Waals surface area contributed by atoms with E-state index in [9.17, 15) is 9.90 Å². The molecule has 0 aromatic heterocycles.